The Bertz CT molecular complexity index is 814. The number of anilines is 1. The second kappa shape index (κ2) is 6.75. The van der Waals surface area contributed by atoms with Crippen molar-refractivity contribution in [1.29, 1.82) is 0 Å². The van der Waals surface area contributed by atoms with Gasteiger partial charge in [-0.25, -0.2) is 4.79 Å². The number of rotatable bonds is 3. The van der Waals surface area contributed by atoms with E-state index in [0.717, 1.165) is 23.8 Å². The molecule has 1 heterocycles. The number of carbonyl (C=O) groups excluding carboxylic acids is 1. The zero-order chi connectivity index (χ0) is 17.3. The molecule has 1 aromatic heterocycles. The van der Waals surface area contributed by atoms with Crippen molar-refractivity contribution in [3.63, 3.8) is 0 Å². The molecule has 1 aliphatic rings. The van der Waals surface area contributed by atoms with Crippen LogP contribution in [-0.4, -0.2) is 25.2 Å². The summed E-state index contributed by atoms with van der Waals surface area (Å²) in [6.45, 7) is 1.85. The number of nitrogens with one attached hydrogen (secondary N) is 1. The Morgan fingerprint density at radius 2 is 2.12 bits per heavy atom. The average molecular weight is 330 g/mol. The fourth-order valence-electron chi connectivity index (χ4n) is 3.36. The number of ether oxygens (including phenoxy) is 1. The van der Waals surface area contributed by atoms with Crippen molar-refractivity contribution in [1.82, 2.24) is 0 Å². The van der Waals surface area contributed by atoms with Gasteiger partial charge in [0, 0.05) is 42.3 Å². The van der Waals surface area contributed by atoms with E-state index in [2.05, 4.69) is 5.32 Å². The van der Waals surface area contributed by atoms with Gasteiger partial charge >= 0.3 is 5.63 Å². The van der Waals surface area contributed by atoms with Crippen molar-refractivity contribution >= 4 is 22.6 Å². The van der Waals surface area contributed by atoms with Crippen LogP contribution in [0, 0.1) is 12.8 Å². The van der Waals surface area contributed by atoms with E-state index in [1.165, 1.54) is 6.07 Å². The number of hydrogen-bond acceptors (Lipinski definition) is 5. The lowest BCUT2D eigenvalue weighted by molar-refractivity contribution is -0.121. The summed E-state index contributed by atoms with van der Waals surface area (Å²) in [4.78, 5) is 24.0. The van der Waals surface area contributed by atoms with E-state index in [-0.39, 0.29) is 24.0 Å². The van der Waals surface area contributed by atoms with Crippen molar-refractivity contribution in [2.45, 2.75) is 38.3 Å². The summed E-state index contributed by atoms with van der Waals surface area (Å²) in [5.74, 6) is -0.194. The quantitative estimate of drug-likeness (QED) is 0.841. The van der Waals surface area contributed by atoms with E-state index in [9.17, 15) is 9.59 Å². The number of fused-ring (bicyclic) bond motifs is 1. The highest BCUT2D eigenvalue weighted by Gasteiger charge is 2.31. The van der Waals surface area contributed by atoms with E-state index in [1.807, 2.05) is 19.1 Å². The van der Waals surface area contributed by atoms with E-state index in [4.69, 9.17) is 14.9 Å². The number of methoxy groups -OCH3 is 1. The predicted octanol–water partition coefficient (Wildman–Crippen LogP) is 2.18. The predicted molar refractivity (Wildman–Crippen MR) is 92.0 cm³/mol. The first-order chi connectivity index (χ1) is 11.5. The van der Waals surface area contributed by atoms with Crippen LogP contribution in [0.2, 0.25) is 0 Å². The molecular formula is C18H22N2O4. The molecule has 0 unspecified atom stereocenters. The molecule has 1 saturated carbocycles. The third kappa shape index (κ3) is 3.34. The van der Waals surface area contributed by atoms with Crippen LogP contribution in [0.1, 0.15) is 24.8 Å². The molecule has 128 valence electrons. The Kier molecular flexibility index (Phi) is 4.69. The van der Waals surface area contributed by atoms with Gasteiger partial charge in [-0.05, 0) is 43.9 Å². The molecule has 6 heteroatoms. The fraction of sp³-hybridized carbons (Fsp3) is 0.444. The molecule has 1 aromatic carbocycles. The highest BCUT2D eigenvalue weighted by atomic mass is 16.5. The standard InChI is InChI=1S/C18H22N2O4/c1-10-7-17(21)24-16-9-12(4-5-13(10)16)20-18(22)11-3-6-15(23-2)14(19)8-11/h4-5,7,9,11,14-15H,3,6,8,19H2,1-2H3,(H,20,22)/t11-,14+,15+/m0/s1. The van der Waals surface area contributed by atoms with E-state index in [1.54, 1.807) is 13.2 Å². The van der Waals surface area contributed by atoms with Gasteiger partial charge in [0.1, 0.15) is 5.58 Å². The Labute approximate surface area is 140 Å². The molecule has 2 aromatic rings. The molecular weight excluding hydrogens is 308 g/mol. The summed E-state index contributed by atoms with van der Waals surface area (Å²) in [7, 11) is 1.65. The van der Waals surface area contributed by atoms with Crippen LogP contribution in [0.5, 0.6) is 0 Å². The third-order valence-corrected chi connectivity index (χ3v) is 4.73. The normalized spacial score (nSPS) is 24.0. The van der Waals surface area contributed by atoms with Gasteiger partial charge in [0.25, 0.3) is 0 Å². The lowest BCUT2D eigenvalue weighted by Gasteiger charge is -2.32. The van der Waals surface area contributed by atoms with Crippen LogP contribution in [0.25, 0.3) is 11.0 Å². The first-order valence-corrected chi connectivity index (χ1v) is 8.11. The van der Waals surface area contributed by atoms with Crippen molar-refractivity contribution in [3.8, 4) is 0 Å². The minimum atomic E-state index is -0.396. The van der Waals surface area contributed by atoms with Gasteiger partial charge in [-0.2, -0.15) is 0 Å². The smallest absolute Gasteiger partial charge is 0.336 e. The zero-order valence-electron chi connectivity index (χ0n) is 13.9. The van der Waals surface area contributed by atoms with Crippen LogP contribution in [0.3, 0.4) is 0 Å². The molecule has 0 spiro atoms. The molecule has 1 aliphatic carbocycles. The Balaban J connectivity index is 1.75. The van der Waals surface area contributed by atoms with Gasteiger partial charge in [0.2, 0.25) is 5.91 Å². The molecule has 0 saturated heterocycles. The van der Waals surface area contributed by atoms with Crippen molar-refractivity contribution in [2.24, 2.45) is 11.7 Å². The fourth-order valence-corrected chi connectivity index (χ4v) is 3.36. The zero-order valence-corrected chi connectivity index (χ0v) is 13.9. The van der Waals surface area contributed by atoms with Crippen LogP contribution < -0.4 is 16.7 Å². The number of nitrogens with two attached hydrogens (primary N) is 1. The summed E-state index contributed by atoms with van der Waals surface area (Å²) in [6, 6.07) is 6.67. The lowest BCUT2D eigenvalue weighted by Crippen LogP contribution is -2.44. The second-order valence-electron chi connectivity index (χ2n) is 6.40. The van der Waals surface area contributed by atoms with Crippen LogP contribution >= 0.6 is 0 Å². The molecule has 0 radical (unpaired) electrons. The van der Waals surface area contributed by atoms with Gasteiger partial charge in [-0.3, -0.25) is 4.79 Å². The minimum Gasteiger partial charge on any atom is -0.423 e. The molecule has 3 N–H and O–H groups in total. The van der Waals surface area contributed by atoms with E-state index >= 15 is 0 Å². The molecule has 24 heavy (non-hydrogen) atoms. The monoisotopic (exact) mass is 330 g/mol. The number of aryl methyl sites for hydroxylation is 1. The van der Waals surface area contributed by atoms with Gasteiger partial charge in [0.05, 0.1) is 6.10 Å². The molecule has 0 aliphatic heterocycles. The summed E-state index contributed by atoms with van der Waals surface area (Å²) in [5, 5.41) is 3.76. The summed E-state index contributed by atoms with van der Waals surface area (Å²) >= 11 is 0. The SMILES string of the molecule is CO[C@@H]1CC[C@H](C(=O)Nc2ccc3c(C)cc(=O)oc3c2)C[C@H]1N. The van der Waals surface area contributed by atoms with E-state index < -0.39 is 5.63 Å². The maximum atomic E-state index is 12.5. The first kappa shape index (κ1) is 16.7. The maximum absolute atomic E-state index is 12.5. The Hall–Kier alpha value is -2.18. The lowest BCUT2D eigenvalue weighted by atomic mass is 9.83. The molecule has 1 amide bonds. The Morgan fingerprint density at radius 1 is 1.33 bits per heavy atom. The minimum absolute atomic E-state index is 0.0203. The topological polar surface area (TPSA) is 94.6 Å². The summed E-state index contributed by atoms with van der Waals surface area (Å²) in [6.07, 6.45) is 2.15. The molecule has 0 bridgehead atoms. The van der Waals surface area contributed by atoms with Crippen LogP contribution in [-0.2, 0) is 9.53 Å². The second-order valence-corrected chi connectivity index (χ2v) is 6.40. The molecule has 3 atom stereocenters. The number of carbonyl (C=O) groups is 1. The van der Waals surface area contributed by atoms with E-state index in [0.29, 0.717) is 17.7 Å². The highest BCUT2D eigenvalue weighted by molar-refractivity contribution is 5.95. The molecule has 3 rings (SSSR count). The van der Waals surface area contributed by atoms with Crippen molar-refractivity contribution in [3.05, 3.63) is 40.2 Å². The first-order valence-electron chi connectivity index (χ1n) is 8.11. The average Bonchev–Trinajstić information content (AvgIpc) is 2.54. The summed E-state index contributed by atoms with van der Waals surface area (Å²) in [5.41, 5.74) is 7.60. The van der Waals surface area contributed by atoms with Gasteiger partial charge in [0.15, 0.2) is 0 Å². The molecule has 6 nitrogen and oxygen atoms in total. The van der Waals surface area contributed by atoms with Crippen LogP contribution in [0.15, 0.2) is 33.5 Å². The van der Waals surface area contributed by atoms with Gasteiger partial charge < -0.3 is 20.2 Å². The number of hydrogen-bond donors (Lipinski definition) is 2. The number of amides is 1. The Morgan fingerprint density at radius 3 is 2.83 bits per heavy atom. The van der Waals surface area contributed by atoms with Crippen molar-refractivity contribution < 1.29 is 13.9 Å². The van der Waals surface area contributed by atoms with Crippen LogP contribution in [0.4, 0.5) is 5.69 Å². The number of benzene rings is 1. The summed E-state index contributed by atoms with van der Waals surface area (Å²) < 4.78 is 10.5. The highest BCUT2D eigenvalue weighted by Crippen LogP contribution is 2.27. The van der Waals surface area contributed by atoms with Crippen molar-refractivity contribution in [2.75, 3.05) is 12.4 Å². The molecule has 1 fully saturated rings. The van der Waals surface area contributed by atoms with Gasteiger partial charge in [-0.15, -0.1) is 0 Å². The van der Waals surface area contributed by atoms with Gasteiger partial charge in [-0.1, -0.05) is 0 Å². The third-order valence-electron chi connectivity index (χ3n) is 4.73. The maximum Gasteiger partial charge on any atom is 0.336 e. The largest absolute Gasteiger partial charge is 0.423 e.